The molecule has 0 aromatic heterocycles. The summed E-state index contributed by atoms with van der Waals surface area (Å²) in [4.78, 5) is 3.54. The Morgan fingerprint density at radius 3 is 1.85 bits per heavy atom. The number of rotatable bonds is 10. The van der Waals surface area contributed by atoms with Crippen molar-refractivity contribution in [2.75, 3.05) is 39.3 Å². The molecule has 0 heterocycles. The van der Waals surface area contributed by atoms with Crippen LogP contribution in [0.4, 0.5) is 13.2 Å². The number of hydrogen-bond acceptors (Lipinski definition) is 3. The lowest BCUT2D eigenvalue weighted by atomic mass is 10.1. The van der Waals surface area contributed by atoms with E-state index in [4.69, 9.17) is 5.73 Å². The average molecular weight is 313 g/mol. The fourth-order valence-corrected chi connectivity index (χ4v) is 2.26. The van der Waals surface area contributed by atoms with Crippen molar-refractivity contribution in [2.45, 2.75) is 33.4 Å². The van der Waals surface area contributed by atoms with Crippen molar-refractivity contribution in [2.24, 2.45) is 11.7 Å². The van der Waals surface area contributed by atoms with Gasteiger partial charge in [0.25, 0.3) is 0 Å². The number of hydrogen-bond donors (Lipinski definition) is 1. The van der Waals surface area contributed by atoms with Crippen LogP contribution in [0.15, 0.2) is 0 Å². The van der Waals surface area contributed by atoms with Gasteiger partial charge in [-0.25, -0.2) is 0 Å². The van der Waals surface area contributed by atoms with Crippen LogP contribution in [0.3, 0.4) is 0 Å². The van der Waals surface area contributed by atoms with E-state index in [-0.39, 0.29) is 6.54 Å². The predicted octanol–water partition coefficient (Wildman–Crippen LogP) is 2.50. The van der Waals surface area contributed by atoms with E-state index in [2.05, 4.69) is 31.0 Å². The predicted molar refractivity (Wildman–Crippen MR) is 80.8 cm³/mol. The normalized spacial score (nSPS) is 14.0. The molecule has 0 rings (SSSR count). The topological polar surface area (TPSA) is 32.5 Å². The second-order valence-corrected chi connectivity index (χ2v) is 5.24. The molecule has 20 heavy (non-hydrogen) atoms. The second kappa shape index (κ2) is 9.52. The van der Waals surface area contributed by atoms with Crippen LogP contribution in [0.2, 0.25) is 0 Å². The highest BCUT2D eigenvalue weighted by atomic mass is 32.1. The maximum atomic E-state index is 12.8. The van der Waals surface area contributed by atoms with Gasteiger partial charge in [-0.05, 0) is 39.1 Å². The number of halogens is 3. The van der Waals surface area contributed by atoms with Crippen LogP contribution < -0.4 is 5.73 Å². The molecular formula is C13H26F3N3S. The molecule has 7 heteroatoms. The lowest BCUT2D eigenvalue weighted by Gasteiger charge is -2.28. The quantitative estimate of drug-likeness (QED) is 0.628. The summed E-state index contributed by atoms with van der Waals surface area (Å²) in [6, 6.07) is 0. The molecule has 0 radical (unpaired) electrons. The van der Waals surface area contributed by atoms with Crippen LogP contribution in [0, 0.1) is 5.92 Å². The smallest absolute Gasteiger partial charge is 0.393 e. The van der Waals surface area contributed by atoms with E-state index in [0.29, 0.717) is 13.1 Å². The molecule has 0 aromatic rings. The molecule has 2 N–H and O–H groups in total. The zero-order valence-corrected chi connectivity index (χ0v) is 13.4. The van der Waals surface area contributed by atoms with Crippen LogP contribution in [-0.2, 0) is 0 Å². The Bertz CT molecular complexity index is 281. The molecule has 0 aromatic carbocycles. The van der Waals surface area contributed by atoms with Gasteiger partial charge in [0.2, 0.25) is 0 Å². The minimum absolute atomic E-state index is 0.145. The van der Waals surface area contributed by atoms with E-state index in [1.54, 1.807) is 4.90 Å². The van der Waals surface area contributed by atoms with Crippen molar-refractivity contribution in [1.82, 2.24) is 9.80 Å². The summed E-state index contributed by atoms with van der Waals surface area (Å²) in [6.07, 6.45) is -3.52. The standard InChI is InChI=1S/C13H26F3N3S/c1-4-18(5-2)8-7-9-19(6-3)10-11(12(17)20)13(14,15)16/h11H,4-10H2,1-3H3,(H2,17,20). The third kappa shape index (κ3) is 7.40. The monoisotopic (exact) mass is 313 g/mol. The highest BCUT2D eigenvalue weighted by Crippen LogP contribution is 2.27. The molecule has 120 valence electrons. The summed E-state index contributed by atoms with van der Waals surface area (Å²) in [7, 11) is 0. The van der Waals surface area contributed by atoms with Crippen molar-refractivity contribution in [3.63, 3.8) is 0 Å². The molecule has 0 spiro atoms. The molecular weight excluding hydrogens is 287 g/mol. The van der Waals surface area contributed by atoms with Gasteiger partial charge in [-0.3, -0.25) is 0 Å². The Balaban J connectivity index is 4.35. The molecule has 0 bridgehead atoms. The van der Waals surface area contributed by atoms with Crippen LogP contribution in [-0.4, -0.2) is 60.2 Å². The number of thiocarbonyl (C=S) groups is 1. The molecule has 0 aliphatic carbocycles. The first-order valence-corrected chi connectivity index (χ1v) is 7.47. The van der Waals surface area contributed by atoms with E-state index < -0.39 is 17.1 Å². The summed E-state index contributed by atoms with van der Waals surface area (Å²) in [5.74, 6) is -1.72. The van der Waals surface area contributed by atoms with Crippen molar-refractivity contribution in [3.8, 4) is 0 Å². The van der Waals surface area contributed by atoms with Gasteiger partial charge in [0.15, 0.2) is 0 Å². The van der Waals surface area contributed by atoms with Crippen LogP contribution in [0.5, 0.6) is 0 Å². The van der Waals surface area contributed by atoms with Gasteiger partial charge in [-0.1, -0.05) is 33.0 Å². The summed E-state index contributed by atoms with van der Waals surface area (Å²) in [6.45, 7) is 9.86. The van der Waals surface area contributed by atoms with Gasteiger partial charge < -0.3 is 15.5 Å². The fraction of sp³-hybridized carbons (Fsp3) is 0.923. The van der Waals surface area contributed by atoms with Crippen LogP contribution >= 0.6 is 12.2 Å². The van der Waals surface area contributed by atoms with E-state index in [0.717, 1.165) is 26.1 Å². The molecule has 0 fully saturated rings. The third-order valence-electron chi connectivity index (χ3n) is 3.47. The molecule has 1 atom stereocenters. The van der Waals surface area contributed by atoms with Crippen molar-refractivity contribution >= 4 is 17.2 Å². The first-order valence-electron chi connectivity index (χ1n) is 7.06. The number of nitrogens with two attached hydrogens (primary N) is 1. The zero-order valence-electron chi connectivity index (χ0n) is 12.5. The maximum Gasteiger partial charge on any atom is 0.399 e. The molecule has 0 saturated heterocycles. The minimum Gasteiger partial charge on any atom is -0.393 e. The fourth-order valence-electron chi connectivity index (χ4n) is 2.05. The molecule has 0 amide bonds. The van der Waals surface area contributed by atoms with E-state index in [1.165, 1.54) is 0 Å². The van der Waals surface area contributed by atoms with Gasteiger partial charge in [0.1, 0.15) is 5.92 Å². The molecule has 3 nitrogen and oxygen atoms in total. The Morgan fingerprint density at radius 2 is 1.50 bits per heavy atom. The first-order chi connectivity index (χ1) is 9.26. The number of alkyl halides is 3. The second-order valence-electron chi connectivity index (χ2n) is 4.77. The van der Waals surface area contributed by atoms with Gasteiger partial charge in [-0.2, -0.15) is 13.2 Å². The Kier molecular flexibility index (Phi) is 9.33. The van der Waals surface area contributed by atoms with Crippen LogP contribution in [0.25, 0.3) is 0 Å². The summed E-state index contributed by atoms with van der Waals surface area (Å²) in [5, 5.41) is 0. The van der Waals surface area contributed by atoms with Crippen molar-refractivity contribution < 1.29 is 13.2 Å². The Labute approximate surface area is 125 Å². The lowest BCUT2D eigenvalue weighted by Crippen LogP contribution is -2.44. The zero-order chi connectivity index (χ0) is 15.8. The summed E-state index contributed by atoms with van der Waals surface area (Å²) in [5.41, 5.74) is 5.22. The SMILES string of the molecule is CCN(CC)CCCN(CC)CC(C(N)=S)C(F)(F)F. The number of nitrogens with zero attached hydrogens (tertiary/aromatic N) is 2. The van der Waals surface area contributed by atoms with E-state index >= 15 is 0 Å². The van der Waals surface area contributed by atoms with Gasteiger partial charge in [-0.15, -0.1) is 0 Å². The Hall–Kier alpha value is -0.400. The maximum absolute atomic E-state index is 12.8. The molecule has 0 saturated carbocycles. The van der Waals surface area contributed by atoms with Crippen LogP contribution in [0.1, 0.15) is 27.2 Å². The minimum atomic E-state index is -4.36. The van der Waals surface area contributed by atoms with Crippen molar-refractivity contribution in [3.05, 3.63) is 0 Å². The molecule has 0 aliphatic rings. The summed E-state index contributed by atoms with van der Waals surface area (Å²) < 4.78 is 38.5. The van der Waals surface area contributed by atoms with Gasteiger partial charge in [0.05, 0.1) is 4.99 Å². The van der Waals surface area contributed by atoms with Gasteiger partial charge in [0, 0.05) is 6.54 Å². The highest BCUT2D eigenvalue weighted by Gasteiger charge is 2.42. The average Bonchev–Trinajstić information content (AvgIpc) is 2.36. The van der Waals surface area contributed by atoms with Crippen molar-refractivity contribution in [1.29, 1.82) is 0 Å². The Morgan fingerprint density at radius 1 is 1.05 bits per heavy atom. The lowest BCUT2D eigenvalue weighted by molar-refractivity contribution is -0.159. The van der Waals surface area contributed by atoms with Gasteiger partial charge >= 0.3 is 6.18 Å². The largest absolute Gasteiger partial charge is 0.399 e. The van der Waals surface area contributed by atoms with E-state index in [1.807, 2.05) is 6.92 Å². The highest BCUT2D eigenvalue weighted by molar-refractivity contribution is 7.80. The van der Waals surface area contributed by atoms with E-state index in [9.17, 15) is 13.2 Å². The summed E-state index contributed by atoms with van der Waals surface area (Å²) >= 11 is 4.55. The third-order valence-corrected chi connectivity index (χ3v) is 3.75. The molecule has 0 aliphatic heterocycles. The molecule has 1 unspecified atom stereocenters. The first kappa shape index (κ1) is 19.6.